The molecular weight excluding hydrogens is 202 g/mol. The topological polar surface area (TPSA) is 71.8 Å². The molecule has 0 spiro atoms. The molecule has 0 saturated heterocycles. The van der Waals surface area contributed by atoms with Crippen molar-refractivity contribution in [2.24, 2.45) is 5.73 Å². The molecule has 1 aromatic heterocycles. The maximum atomic E-state index is 11.8. The van der Waals surface area contributed by atoms with Crippen LogP contribution in [0.2, 0.25) is 0 Å². The van der Waals surface area contributed by atoms with Gasteiger partial charge in [0.2, 0.25) is 0 Å². The maximum Gasteiger partial charge on any atom is 0.255 e. The second kappa shape index (κ2) is 4.78. The Kier molecular flexibility index (Phi) is 3.39. The van der Waals surface area contributed by atoms with E-state index in [0.717, 1.165) is 18.5 Å². The van der Waals surface area contributed by atoms with Gasteiger partial charge in [-0.15, -0.1) is 0 Å². The summed E-state index contributed by atoms with van der Waals surface area (Å²) in [6, 6.07) is 0. The van der Waals surface area contributed by atoms with Crippen LogP contribution in [0.25, 0.3) is 0 Å². The Hall–Kier alpha value is -1.16. The van der Waals surface area contributed by atoms with E-state index in [0.29, 0.717) is 17.3 Å². The summed E-state index contributed by atoms with van der Waals surface area (Å²) in [7, 11) is 0. The van der Waals surface area contributed by atoms with E-state index in [1.165, 1.54) is 19.3 Å². The maximum absolute atomic E-state index is 11.8. The highest BCUT2D eigenvalue weighted by molar-refractivity contribution is 5.22. The van der Waals surface area contributed by atoms with Crippen LogP contribution in [0.15, 0.2) is 4.79 Å². The third-order valence-corrected chi connectivity index (χ3v) is 3.36. The molecule has 1 aliphatic rings. The van der Waals surface area contributed by atoms with Gasteiger partial charge in [0.15, 0.2) is 0 Å². The van der Waals surface area contributed by atoms with Gasteiger partial charge < -0.3 is 10.7 Å². The van der Waals surface area contributed by atoms with Crippen LogP contribution in [0.3, 0.4) is 0 Å². The predicted octanol–water partition coefficient (Wildman–Crippen LogP) is 1.58. The molecule has 4 heteroatoms. The number of aryl methyl sites for hydroxylation is 1. The Morgan fingerprint density at radius 1 is 1.38 bits per heavy atom. The Labute approximate surface area is 95.3 Å². The van der Waals surface area contributed by atoms with Crippen LogP contribution in [-0.2, 0) is 6.54 Å². The van der Waals surface area contributed by atoms with E-state index < -0.39 is 0 Å². The predicted molar refractivity (Wildman–Crippen MR) is 63.3 cm³/mol. The summed E-state index contributed by atoms with van der Waals surface area (Å²) in [5, 5.41) is 0. The van der Waals surface area contributed by atoms with Crippen LogP contribution in [0.1, 0.15) is 55.1 Å². The zero-order chi connectivity index (χ0) is 11.5. The monoisotopic (exact) mass is 221 g/mol. The molecule has 1 aromatic rings. The highest BCUT2D eigenvalue weighted by atomic mass is 16.1. The molecule has 2 rings (SSSR count). The number of nitrogens with zero attached hydrogens (tertiary/aromatic N) is 1. The van der Waals surface area contributed by atoms with Crippen molar-refractivity contribution >= 4 is 0 Å². The zero-order valence-electron chi connectivity index (χ0n) is 9.75. The van der Waals surface area contributed by atoms with E-state index in [1.54, 1.807) is 0 Å². The average Bonchev–Trinajstić information content (AvgIpc) is 2.29. The van der Waals surface area contributed by atoms with Crippen LogP contribution in [0.4, 0.5) is 0 Å². The lowest BCUT2D eigenvalue weighted by Crippen LogP contribution is -2.24. The van der Waals surface area contributed by atoms with Gasteiger partial charge >= 0.3 is 0 Å². The van der Waals surface area contributed by atoms with Crippen LogP contribution >= 0.6 is 0 Å². The van der Waals surface area contributed by atoms with Crippen molar-refractivity contribution in [3.8, 4) is 0 Å². The van der Waals surface area contributed by atoms with Gasteiger partial charge in [0.1, 0.15) is 5.82 Å². The van der Waals surface area contributed by atoms with Gasteiger partial charge in [-0.2, -0.15) is 0 Å². The summed E-state index contributed by atoms with van der Waals surface area (Å²) in [6.07, 6.45) is 6.06. The van der Waals surface area contributed by atoms with E-state index >= 15 is 0 Å². The first kappa shape index (κ1) is 11.3. The van der Waals surface area contributed by atoms with Gasteiger partial charge in [0.05, 0.1) is 11.3 Å². The Balaban J connectivity index is 2.41. The summed E-state index contributed by atoms with van der Waals surface area (Å²) in [4.78, 5) is 19.0. The quantitative estimate of drug-likeness (QED) is 0.796. The van der Waals surface area contributed by atoms with Crippen molar-refractivity contribution in [2.45, 2.75) is 51.5 Å². The number of nitrogens with two attached hydrogens (primary N) is 1. The van der Waals surface area contributed by atoms with E-state index in [-0.39, 0.29) is 12.1 Å². The molecule has 1 aliphatic carbocycles. The molecule has 0 aliphatic heterocycles. The van der Waals surface area contributed by atoms with Crippen LogP contribution in [-0.4, -0.2) is 9.97 Å². The lowest BCUT2D eigenvalue weighted by atomic mass is 9.85. The Bertz CT molecular complexity index is 419. The number of hydrogen-bond donors (Lipinski definition) is 2. The first-order valence-corrected chi connectivity index (χ1v) is 6.02. The second-order valence-corrected chi connectivity index (χ2v) is 4.55. The molecule has 0 atom stereocenters. The first-order chi connectivity index (χ1) is 7.72. The van der Waals surface area contributed by atoms with Crippen molar-refractivity contribution in [1.29, 1.82) is 0 Å². The van der Waals surface area contributed by atoms with Gasteiger partial charge in [-0.3, -0.25) is 4.79 Å². The molecular formula is C12H19N3O. The van der Waals surface area contributed by atoms with E-state index in [4.69, 9.17) is 5.73 Å². The SMILES string of the molecule is Cc1nc(C2CCCCC2)c(CN)c(=O)[nH]1. The summed E-state index contributed by atoms with van der Waals surface area (Å²) < 4.78 is 0. The number of H-pyrrole nitrogens is 1. The molecule has 1 heterocycles. The van der Waals surface area contributed by atoms with Crippen LogP contribution in [0.5, 0.6) is 0 Å². The van der Waals surface area contributed by atoms with Crippen LogP contribution in [0, 0.1) is 6.92 Å². The van der Waals surface area contributed by atoms with Gasteiger partial charge in [-0.1, -0.05) is 19.3 Å². The average molecular weight is 221 g/mol. The number of aromatic nitrogens is 2. The highest BCUT2D eigenvalue weighted by Crippen LogP contribution is 2.32. The molecule has 1 fully saturated rings. The third kappa shape index (κ3) is 2.16. The fourth-order valence-corrected chi connectivity index (χ4v) is 2.54. The van der Waals surface area contributed by atoms with Crippen molar-refractivity contribution in [3.05, 3.63) is 27.4 Å². The Morgan fingerprint density at radius 3 is 2.69 bits per heavy atom. The standard InChI is InChI=1S/C12H19N3O/c1-8-14-11(9-5-3-2-4-6-9)10(7-13)12(16)15-8/h9H,2-7,13H2,1H3,(H,14,15,16). The molecule has 0 unspecified atom stereocenters. The lowest BCUT2D eigenvalue weighted by molar-refractivity contribution is 0.432. The highest BCUT2D eigenvalue weighted by Gasteiger charge is 2.21. The molecule has 0 aromatic carbocycles. The second-order valence-electron chi connectivity index (χ2n) is 4.55. The van der Waals surface area contributed by atoms with E-state index in [9.17, 15) is 4.79 Å². The molecule has 88 valence electrons. The van der Waals surface area contributed by atoms with Gasteiger partial charge in [0.25, 0.3) is 5.56 Å². The zero-order valence-corrected chi connectivity index (χ0v) is 9.75. The minimum Gasteiger partial charge on any atom is -0.326 e. The number of nitrogens with one attached hydrogen (secondary N) is 1. The molecule has 1 saturated carbocycles. The molecule has 16 heavy (non-hydrogen) atoms. The van der Waals surface area contributed by atoms with Crippen molar-refractivity contribution in [1.82, 2.24) is 9.97 Å². The van der Waals surface area contributed by atoms with Crippen molar-refractivity contribution < 1.29 is 0 Å². The van der Waals surface area contributed by atoms with Gasteiger partial charge in [-0.05, 0) is 19.8 Å². The fraction of sp³-hybridized carbons (Fsp3) is 0.667. The van der Waals surface area contributed by atoms with Gasteiger partial charge in [-0.25, -0.2) is 4.98 Å². The minimum atomic E-state index is -0.0597. The van der Waals surface area contributed by atoms with Gasteiger partial charge in [0, 0.05) is 12.5 Å². The smallest absolute Gasteiger partial charge is 0.255 e. The molecule has 4 nitrogen and oxygen atoms in total. The lowest BCUT2D eigenvalue weighted by Gasteiger charge is -2.22. The Morgan fingerprint density at radius 2 is 2.06 bits per heavy atom. The summed E-state index contributed by atoms with van der Waals surface area (Å²) in [5.41, 5.74) is 7.21. The number of rotatable bonds is 2. The number of hydrogen-bond acceptors (Lipinski definition) is 3. The summed E-state index contributed by atoms with van der Waals surface area (Å²) >= 11 is 0. The molecule has 0 bridgehead atoms. The van der Waals surface area contributed by atoms with E-state index in [1.807, 2.05) is 6.92 Å². The van der Waals surface area contributed by atoms with E-state index in [2.05, 4.69) is 9.97 Å². The first-order valence-electron chi connectivity index (χ1n) is 6.02. The number of aromatic amines is 1. The molecule has 3 N–H and O–H groups in total. The normalized spacial score (nSPS) is 17.6. The third-order valence-electron chi connectivity index (χ3n) is 3.36. The molecule has 0 amide bonds. The molecule has 0 radical (unpaired) electrons. The fourth-order valence-electron chi connectivity index (χ4n) is 2.54. The van der Waals surface area contributed by atoms with Crippen molar-refractivity contribution in [2.75, 3.05) is 0 Å². The van der Waals surface area contributed by atoms with Crippen molar-refractivity contribution in [3.63, 3.8) is 0 Å². The minimum absolute atomic E-state index is 0.0597. The van der Waals surface area contributed by atoms with Crippen LogP contribution < -0.4 is 11.3 Å². The summed E-state index contributed by atoms with van der Waals surface area (Å²) in [5.74, 6) is 1.14. The summed E-state index contributed by atoms with van der Waals surface area (Å²) in [6.45, 7) is 2.11. The largest absolute Gasteiger partial charge is 0.326 e.